The summed E-state index contributed by atoms with van der Waals surface area (Å²) in [5.41, 5.74) is 3.47. The highest BCUT2D eigenvalue weighted by atomic mass is 32.1. The fraction of sp³-hybridized carbons (Fsp3) is 0.217. The molecule has 0 saturated carbocycles. The van der Waals surface area contributed by atoms with Crippen LogP contribution in [0.15, 0.2) is 47.8 Å². The lowest BCUT2D eigenvalue weighted by molar-refractivity contribution is 0.0696. The lowest BCUT2D eigenvalue weighted by atomic mass is 9.80. The molecule has 0 radical (unpaired) electrons. The van der Waals surface area contributed by atoms with E-state index in [9.17, 15) is 19.1 Å². The first kappa shape index (κ1) is 20.1. The number of hydrogen-bond donors (Lipinski definition) is 2. The van der Waals surface area contributed by atoms with E-state index in [0.29, 0.717) is 0 Å². The van der Waals surface area contributed by atoms with Gasteiger partial charge in [0.1, 0.15) is 5.00 Å². The van der Waals surface area contributed by atoms with Crippen molar-refractivity contribution in [2.45, 2.75) is 25.2 Å². The summed E-state index contributed by atoms with van der Waals surface area (Å²) in [6.45, 7) is 0. The number of carboxylic acids is 1. The van der Waals surface area contributed by atoms with Crippen LogP contribution in [0.4, 0.5) is 9.39 Å². The second kappa shape index (κ2) is 8.28. The molecule has 5 nitrogen and oxygen atoms in total. The zero-order chi connectivity index (χ0) is 21.3. The number of methoxy groups -OCH3 is 1. The van der Waals surface area contributed by atoms with Gasteiger partial charge in [0.05, 0.1) is 12.7 Å². The van der Waals surface area contributed by atoms with E-state index in [1.807, 2.05) is 17.5 Å². The van der Waals surface area contributed by atoms with Gasteiger partial charge in [-0.25, -0.2) is 9.18 Å². The number of fused-ring (bicyclic) bond motifs is 1. The monoisotopic (exact) mass is 425 g/mol. The second-order valence-electron chi connectivity index (χ2n) is 7.21. The number of carbonyl (C=O) groups is 2. The second-order valence-corrected chi connectivity index (χ2v) is 8.09. The van der Waals surface area contributed by atoms with Crippen molar-refractivity contribution in [3.8, 4) is 5.75 Å². The number of nitrogens with one attached hydrogen (secondary N) is 1. The number of aromatic carboxylic acids is 1. The number of benzene rings is 2. The van der Waals surface area contributed by atoms with E-state index in [2.05, 4.69) is 17.4 Å². The summed E-state index contributed by atoms with van der Waals surface area (Å²) in [5.74, 6) is -2.20. The van der Waals surface area contributed by atoms with E-state index in [4.69, 9.17) is 4.74 Å². The Balaban J connectivity index is 1.60. The minimum Gasteiger partial charge on any atom is -0.494 e. The van der Waals surface area contributed by atoms with Crippen LogP contribution in [0, 0.1) is 5.82 Å². The van der Waals surface area contributed by atoms with Gasteiger partial charge in [0.25, 0.3) is 5.91 Å². The number of anilines is 1. The van der Waals surface area contributed by atoms with Gasteiger partial charge in [-0.3, -0.25) is 4.79 Å². The summed E-state index contributed by atoms with van der Waals surface area (Å²) < 4.78 is 18.8. The Labute approximate surface area is 177 Å². The molecule has 1 aromatic heterocycles. The van der Waals surface area contributed by atoms with E-state index >= 15 is 0 Å². The van der Waals surface area contributed by atoms with Gasteiger partial charge in [0.2, 0.25) is 0 Å². The molecule has 1 aliphatic carbocycles. The Bertz CT molecular complexity index is 1120. The van der Waals surface area contributed by atoms with Crippen LogP contribution in [-0.2, 0) is 12.8 Å². The maximum absolute atomic E-state index is 13.9. The molecule has 1 amide bonds. The minimum atomic E-state index is -1.08. The van der Waals surface area contributed by atoms with Crippen molar-refractivity contribution in [2.75, 3.05) is 12.4 Å². The lowest BCUT2D eigenvalue weighted by Gasteiger charge is -2.24. The van der Waals surface area contributed by atoms with Gasteiger partial charge in [-0.1, -0.05) is 24.3 Å². The van der Waals surface area contributed by atoms with Crippen molar-refractivity contribution < 1.29 is 23.8 Å². The molecule has 3 aromatic rings. The van der Waals surface area contributed by atoms with Crippen LogP contribution >= 0.6 is 11.3 Å². The van der Waals surface area contributed by atoms with Crippen molar-refractivity contribution in [3.63, 3.8) is 0 Å². The number of hydrogen-bond acceptors (Lipinski definition) is 4. The SMILES string of the molecule is COc1ccc(C(=O)Nc2scc(C3CCc4ccccc4C3)c2C(=O)O)cc1F. The quantitative estimate of drug-likeness (QED) is 0.595. The van der Waals surface area contributed by atoms with Crippen LogP contribution < -0.4 is 10.1 Å². The van der Waals surface area contributed by atoms with Gasteiger partial charge in [-0.15, -0.1) is 11.3 Å². The third-order valence-corrected chi connectivity index (χ3v) is 6.37. The number of halogens is 1. The molecule has 7 heteroatoms. The Morgan fingerprint density at radius 1 is 1.20 bits per heavy atom. The average Bonchev–Trinajstić information content (AvgIpc) is 3.17. The highest BCUT2D eigenvalue weighted by molar-refractivity contribution is 7.15. The molecule has 4 rings (SSSR count). The van der Waals surface area contributed by atoms with E-state index < -0.39 is 17.7 Å². The van der Waals surface area contributed by atoms with Gasteiger partial charge >= 0.3 is 5.97 Å². The first-order chi connectivity index (χ1) is 14.5. The van der Waals surface area contributed by atoms with Crippen LogP contribution in [0.1, 0.15) is 49.7 Å². The van der Waals surface area contributed by atoms with Crippen molar-refractivity contribution in [1.82, 2.24) is 0 Å². The van der Waals surface area contributed by atoms with E-state index in [1.165, 1.54) is 41.7 Å². The van der Waals surface area contributed by atoms with Gasteiger partial charge in [0, 0.05) is 5.56 Å². The van der Waals surface area contributed by atoms with Gasteiger partial charge < -0.3 is 15.2 Å². The standard InChI is InChI=1S/C23H20FNO4S/c1-29-19-9-8-16(11-18(19)24)21(26)25-22-20(23(27)28)17(12-30-22)15-7-6-13-4-2-3-5-14(13)10-15/h2-5,8-9,11-12,15H,6-7,10H2,1H3,(H,25,26)(H,27,28). The first-order valence-corrected chi connectivity index (χ1v) is 10.4. The third-order valence-electron chi connectivity index (χ3n) is 5.46. The number of carbonyl (C=O) groups excluding carboxylic acids is 1. The zero-order valence-electron chi connectivity index (χ0n) is 16.3. The molecule has 2 aromatic carbocycles. The molecule has 0 saturated heterocycles. The van der Waals surface area contributed by atoms with Crippen LogP contribution in [0.25, 0.3) is 0 Å². The smallest absolute Gasteiger partial charge is 0.339 e. The van der Waals surface area contributed by atoms with Crippen molar-refractivity contribution in [3.05, 3.63) is 81.5 Å². The molecule has 1 aliphatic rings. The van der Waals surface area contributed by atoms with Crippen molar-refractivity contribution in [1.29, 1.82) is 0 Å². The van der Waals surface area contributed by atoms with E-state index in [-0.39, 0.29) is 27.8 Å². The number of rotatable bonds is 5. The van der Waals surface area contributed by atoms with E-state index in [0.717, 1.165) is 30.9 Å². The molecule has 0 fully saturated rings. The highest BCUT2D eigenvalue weighted by Crippen LogP contribution is 2.40. The summed E-state index contributed by atoms with van der Waals surface area (Å²) in [4.78, 5) is 24.6. The predicted molar refractivity (Wildman–Crippen MR) is 113 cm³/mol. The zero-order valence-corrected chi connectivity index (χ0v) is 17.1. The summed E-state index contributed by atoms with van der Waals surface area (Å²) >= 11 is 1.18. The number of ether oxygens (including phenoxy) is 1. The van der Waals surface area contributed by atoms with Crippen LogP contribution in [-0.4, -0.2) is 24.1 Å². The Hall–Kier alpha value is -3.19. The Morgan fingerprint density at radius 3 is 2.67 bits per heavy atom. The number of carboxylic acid groups (broad SMARTS) is 1. The normalized spacial score (nSPS) is 15.3. The topological polar surface area (TPSA) is 75.6 Å². The van der Waals surface area contributed by atoms with Gasteiger partial charge in [-0.05, 0) is 65.4 Å². The fourth-order valence-electron chi connectivity index (χ4n) is 3.93. The molecule has 154 valence electrons. The summed E-state index contributed by atoms with van der Waals surface area (Å²) in [7, 11) is 1.34. The van der Waals surface area contributed by atoms with E-state index in [1.54, 1.807) is 0 Å². The number of aryl methyl sites for hydroxylation is 1. The highest BCUT2D eigenvalue weighted by Gasteiger charge is 2.28. The van der Waals surface area contributed by atoms with Crippen LogP contribution in [0.2, 0.25) is 0 Å². The van der Waals surface area contributed by atoms with Crippen molar-refractivity contribution >= 4 is 28.2 Å². The molecule has 1 heterocycles. The molecular weight excluding hydrogens is 405 g/mol. The lowest BCUT2D eigenvalue weighted by Crippen LogP contribution is -2.17. The fourth-order valence-corrected chi connectivity index (χ4v) is 4.96. The molecule has 1 unspecified atom stereocenters. The van der Waals surface area contributed by atoms with Gasteiger partial charge in [0.15, 0.2) is 11.6 Å². The van der Waals surface area contributed by atoms with Crippen LogP contribution in [0.5, 0.6) is 5.75 Å². The maximum atomic E-state index is 13.9. The summed E-state index contributed by atoms with van der Waals surface area (Å²) in [5, 5.41) is 14.6. The number of amides is 1. The van der Waals surface area contributed by atoms with Crippen molar-refractivity contribution in [2.24, 2.45) is 0 Å². The first-order valence-electron chi connectivity index (χ1n) is 9.54. The Kier molecular flexibility index (Phi) is 5.55. The third kappa shape index (κ3) is 3.80. The molecule has 2 N–H and O–H groups in total. The largest absolute Gasteiger partial charge is 0.494 e. The maximum Gasteiger partial charge on any atom is 0.339 e. The molecular formula is C23H20FNO4S. The minimum absolute atomic E-state index is 0.0359. The molecule has 0 spiro atoms. The molecule has 0 aliphatic heterocycles. The van der Waals surface area contributed by atoms with Gasteiger partial charge in [-0.2, -0.15) is 0 Å². The summed E-state index contributed by atoms with van der Waals surface area (Å²) in [6, 6.07) is 12.1. The molecule has 0 bridgehead atoms. The Morgan fingerprint density at radius 2 is 1.97 bits per heavy atom. The number of thiophene rings is 1. The average molecular weight is 425 g/mol. The summed E-state index contributed by atoms with van der Waals surface area (Å²) in [6.07, 6.45) is 2.51. The predicted octanol–water partition coefficient (Wildman–Crippen LogP) is 5.12. The van der Waals surface area contributed by atoms with Crippen LogP contribution in [0.3, 0.4) is 0 Å². The molecule has 30 heavy (non-hydrogen) atoms. The molecule has 1 atom stereocenters.